The van der Waals surface area contributed by atoms with E-state index in [2.05, 4.69) is 4.98 Å². The number of nitrogens with zero attached hydrogens (tertiary/aromatic N) is 1. The highest BCUT2D eigenvalue weighted by Gasteiger charge is 2.11. The molecule has 0 aliphatic carbocycles. The van der Waals surface area contributed by atoms with Crippen molar-refractivity contribution in [1.82, 2.24) is 4.98 Å². The lowest BCUT2D eigenvalue weighted by molar-refractivity contribution is 0.0996. The summed E-state index contributed by atoms with van der Waals surface area (Å²) in [7, 11) is 0. The van der Waals surface area contributed by atoms with Crippen molar-refractivity contribution in [3.63, 3.8) is 0 Å². The molecule has 0 aliphatic rings. The Morgan fingerprint density at radius 1 is 1.21 bits per heavy atom. The van der Waals surface area contributed by atoms with Crippen molar-refractivity contribution >= 4 is 27.2 Å². The number of hydrogen-bond donors (Lipinski definition) is 0. The van der Waals surface area contributed by atoms with E-state index in [0.717, 1.165) is 26.2 Å². The molecule has 0 spiro atoms. The van der Waals surface area contributed by atoms with E-state index in [-0.39, 0.29) is 5.78 Å². The number of hydrogen-bond acceptors (Lipinski definition) is 3. The molecular formula is C16H13NOS. The number of carbonyl (C=O) groups is 1. The molecule has 3 aromatic rings. The van der Waals surface area contributed by atoms with Gasteiger partial charge in [0.05, 0.1) is 11.3 Å². The van der Waals surface area contributed by atoms with Gasteiger partial charge in [-0.15, -0.1) is 11.3 Å². The van der Waals surface area contributed by atoms with Crippen molar-refractivity contribution in [1.29, 1.82) is 0 Å². The Morgan fingerprint density at radius 3 is 2.79 bits per heavy atom. The normalized spacial score (nSPS) is 10.8. The second-order valence-corrected chi connectivity index (χ2v) is 5.66. The Hall–Kier alpha value is -2.00. The van der Waals surface area contributed by atoms with Crippen LogP contribution in [0.2, 0.25) is 0 Å². The van der Waals surface area contributed by atoms with E-state index in [9.17, 15) is 4.79 Å². The lowest BCUT2D eigenvalue weighted by atomic mass is 10.1. The summed E-state index contributed by atoms with van der Waals surface area (Å²) in [6.45, 7) is 1.99. The first-order valence-corrected chi connectivity index (χ1v) is 6.97. The summed E-state index contributed by atoms with van der Waals surface area (Å²) in [6, 6.07) is 13.9. The zero-order valence-corrected chi connectivity index (χ0v) is 11.4. The number of ketones is 1. The van der Waals surface area contributed by atoms with Crippen LogP contribution in [0, 0.1) is 6.92 Å². The van der Waals surface area contributed by atoms with E-state index in [1.807, 2.05) is 49.4 Å². The Bertz CT molecular complexity index is 695. The highest BCUT2D eigenvalue weighted by molar-refractivity contribution is 7.20. The molecule has 0 N–H and O–H groups in total. The molecule has 0 aliphatic heterocycles. The summed E-state index contributed by atoms with van der Waals surface area (Å²) in [5.74, 6) is 0.137. The number of fused-ring (bicyclic) bond motifs is 1. The molecule has 0 radical (unpaired) electrons. The monoisotopic (exact) mass is 267 g/mol. The third-order valence-corrected chi connectivity index (χ3v) is 4.17. The number of thiophene rings is 1. The third kappa shape index (κ3) is 2.56. The Kier molecular flexibility index (Phi) is 3.13. The maximum Gasteiger partial charge on any atom is 0.178 e. The Morgan fingerprint density at radius 2 is 2.05 bits per heavy atom. The Balaban J connectivity index is 1.85. The molecule has 2 nitrogen and oxygen atoms in total. The van der Waals surface area contributed by atoms with Crippen molar-refractivity contribution < 1.29 is 4.79 Å². The average molecular weight is 267 g/mol. The molecule has 0 saturated heterocycles. The first-order chi connectivity index (χ1) is 9.22. The van der Waals surface area contributed by atoms with Gasteiger partial charge < -0.3 is 0 Å². The van der Waals surface area contributed by atoms with Crippen LogP contribution in [0.4, 0.5) is 0 Å². The van der Waals surface area contributed by atoms with E-state index in [4.69, 9.17) is 0 Å². The predicted molar refractivity (Wildman–Crippen MR) is 78.8 cm³/mol. The summed E-state index contributed by atoms with van der Waals surface area (Å²) in [5, 5.41) is 1.13. The van der Waals surface area contributed by atoms with Crippen molar-refractivity contribution in [2.24, 2.45) is 0 Å². The summed E-state index contributed by atoms with van der Waals surface area (Å²) < 4.78 is 1.16. The first-order valence-electron chi connectivity index (χ1n) is 6.16. The van der Waals surface area contributed by atoms with Gasteiger partial charge in [-0.2, -0.15) is 0 Å². The average Bonchev–Trinajstić information content (AvgIpc) is 2.85. The zero-order chi connectivity index (χ0) is 13.2. The molecule has 3 rings (SSSR count). The van der Waals surface area contributed by atoms with E-state index in [1.54, 1.807) is 17.5 Å². The van der Waals surface area contributed by atoms with Gasteiger partial charge in [0, 0.05) is 16.6 Å². The first kappa shape index (κ1) is 12.1. The maximum absolute atomic E-state index is 12.2. The molecule has 1 aromatic carbocycles. The minimum atomic E-state index is 0.137. The lowest BCUT2D eigenvalue weighted by Gasteiger charge is -1.98. The van der Waals surface area contributed by atoms with Crippen LogP contribution in [0.25, 0.3) is 10.1 Å². The quantitative estimate of drug-likeness (QED) is 0.671. The van der Waals surface area contributed by atoms with Gasteiger partial charge in [-0.1, -0.05) is 24.3 Å². The van der Waals surface area contributed by atoms with E-state index in [1.165, 1.54) is 0 Å². The molecule has 0 bridgehead atoms. The van der Waals surface area contributed by atoms with Gasteiger partial charge in [-0.25, -0.2) is 0 Å². The molecule has 94 valence electrons. The smallest absolute Gasteiger partial charge is 0.178 e. The number of benzene rings is 1. The van der Waals surface area contributed by atoms with Crippen molar-refractivity contribution in [3.05, 3.63) is 64.8 Å². The molecule has 3 heteroatoms. The summed E-state index contributed by atoms with van der Waals surface area (Å²) >= 11 is 1.55. The molecule has 19 heavy (non-hydrogen) atoms. The third-order valence-electron chi connectivity index (χ3n) is 3.01. The highest BCUT2D eigenvalue weighted by atomic mass is 32.1. The van der Waals surface area contributed by atoms with E-state index < -0.39 is 0 Å². The van der Waals surface area contributed by atoms with E-state index in [0.29, 0.717) is 6.42 Å². The SMILES string of the molecule is Cc1ccc(CC(=O)c2cc3ccccc3s2)nc1. The molecule has 2 heterocycles. The Labute approximate surface area is 115 Å². The van der Waals surface area contributed by atoms with Gasteiger partial charge in [0.1, 0.15) is 0 Å². The number of pyridine rings is 1. The topological polar surface area (TPSA) is 30.0 Å². The molecular weight excluding hydrogens is 254 g/mol. The fraction of sp³-hybridized carbons (Fsp3) is 0.125. The van der Waals surface area contributed by atoms with Crippen LogP contribution in [0.15, 0.2) is 48.7 Å². The number of aryl methyl sites for hydroxylation is 1. The summed E-state index contributed by atoms with van der Waals surface area (Å²) in [4.78, 5) is 17.3. The molecule has 0 amide bonds. The lowest BCUT2D eigenvalue weighted by Crippen LogP contribution is -2.02. The van der Waals surface area contributed by atoms with Crippen LogP contribution in [-0.2, 0) is 6.42 Å². The van der Waals surface area contributed by atoms with Crippen molar-refractivity contribution in [2.75, 3.05) is 0 Å². The zero-order valence-electron chi connectivity index (χ0n) is 10.6. The minimum absolute atomic E-state index is 0.137. The molecule has 0 atom stereocenters. The standard InChI is InChI=1S/C16H13NOS/c1-11-6-7-13(17-10-11)9-14(18)16-8-12-4-2-3-5-15(12)19-16/h2-8,10H,9H2,1H3. The van der Waals surface area contributed by atoms with Crippen LogP contribution >= 0.6 is 11.3 Å². The van der Waals surface area contributed by atoms with Gasteiger partial charge in [0.25, 0.3) is 0 Å². The molecule has 0 saturated carbocycles. The number of carbonyl (C=O) groups excluding carboxylic acids is 1. The maximum atomic E-state index is 12.2. The number of rotatable bonds is 3. The second-order valence-electron chi connectivity index (χ2n) is 4.58. The van der Waals surface area contributed by atoms with Crippen LogP contribution in [-0.4, -0.2) is 10.8 Å². The number of aromatic nitrogens is 1. The summed E-state index contributed by atoms with van der Waals surface area (Å²) in [6.07, 6.45) is 2.17. The fourth-order valence-corrected chi connectivity index (χ4v) is 2.97. The van der Waals surface area contributed by atoms with Gasteiger partial charge in [-0.3, -0.25) is 9.78 Å². The van der Waals surface area contributed by atoms with Crippen molar-refractivity contribution in [3.8, 4) is 0 Å². The van der Waals surface area contributed by atoms with Gasteiger partial charge in [0.15, 0.2) is 5.78 Å². The predicted octanol–water partition coefficient (Wildman–Crippen LogP) is 4.03. The molecule has 0 unspecified atom stereocenters. The minimum Gasteiger partial charge on any atom is -0.293 e. The highest BCUT2D eigenvalue weighted by Crippen LogP contribution is 2.26. The second kappa shape index (κ2) is 4.94. The molecule has 2 aromatic heterocycles. The fourth-order valence-electron chi connectivity index (χ4n) is 1.97. The van der Waals surface area contributed by atoms with E-state index >= 15 is 0 Å². The van der Waals surface area contributed by atoms with Crippen molar-refractivity contribution in [2.45, 2.75) is 13.3 Å². The van der Waals surface area contributed by atoms with Gasteiger partial charge in [-0.05, 0) is 36.1 Å². The number of Topliss-reactive ketones (excluding diaryl/α,β-unsaturated/α-hetero) is 1. The largest absolute Gasteiger partial charge is 0.293 e. The van der Waals surface area contributed by atoms with Gasteiger partial charge >= 0.3 is 0 Å². The van der Waals surface area contributed by atoms with Crippen LogP contribution in [0.5, 0.6) is 0 Å². The van der Waals surface area contributed by atoms with Crippen LogP contribution in [0.3, 0.4) is 0 Å². The van der Waals surface area contributed by atoms with Crippen LogP contribution < -0.4 is 0 Å². The van der Waals surface area contributed by atoms with Gasteiger partial charge in [0.2, 0.25) is 0 Å². The van der Waals surface area contributed by atoms with Crippen LogP contribution in [0.1, 0.15) is 20.9 Å². The summed E-state index contributed by atoms with van der Waals surface area (Å²) in [5.41, 5.74) is 1.94. The molecule has 0 fully saturated rings.